The van der Waals surface area contributed by atoms with Gasteiger partial charge in [-0.05, 0) is 55.7 Å². The molecule has 3 aliphatic rings. The second-order valence-corrected chi connectivity index (χ2v) is 8.91. The van der Waals surface area contributed by atoms with Crippen LogP contribution in [-0.4, -0.2) is 54.4 Å². The van der Waals surface area contributed by atoms with Gasteiger partial charge in [0.1, 0.15) is 5.82 Å². The molecule has 0 spiro atoms. The largest absolute Gasteiger partial charge is 0.365 e. The van der Waals surface area contributed by atoms with Gasteiger partial charge in [0.25, 0.3) is 5.91 Å². The Balaban J connectivity index is 1.22. The molecule has 1 aliphatic carbocycles. The summed E-state index contributed by atoms with van der Waals surface area (Å²) < 4.78 is 5.41. The first-order valence-corrected chi connectivity index (χ1v) is 11.4. The third-order valence-corrected chi connectivity index (χ3v) is 6.36. The molecule has 2 N–H and O–H groups in total. The molecule has 1 unspecified atom stereocenters. The lowest BCUT2D eigenvalue weighted by Gasteiger charge is -2.30. The Hall–Kier alpha value is -1.67. The van der Waals surface area contributed by atoms with Crippen LogP contribution >= 0.6 is 11.6 Å². The van der Waals surface area contributed by atoms with Gasteiger partial charge in [0.2, 0.25) is 0 Å². The number of ether oxygens (including phenoxy) is 1. The van der Waals surface area contributed by atoms with Crippen molar-refractivity contribution in [2.45, 2.75) is 57.3 Å². The highest BCUT2D eigenvalue weighted by atomic mass is 35.5. The van der Waals surface area contributed by atoms with Crippen molar-refractivity contribution in [2.24, 2.45) is 5.92 Å². The normalized spacial score (nSPS) is 25.4. The maximum atomic E-state index is 11.9. The van der Waals surface area contributed by atoms with E-state index in [1.54, 1.807) is 12.3 Å². The summed E-state index contributed by atoms with van der Waals surface area (Å²) >= 11 is 6.42. The van der Waals surface area contributed by atoms with E-state index in [9.17, 15) is 4.79 Å². The summed E-state index contributed by atoms with van der Waals surface area (Å²) in [5.74, 6) is 1.25. The van der Waals surface area contributed by atoms with E-state index in [-0.39, 0.29) is 12.2 Å². The number of anilines is 1. The number of rotatable bonds is 8. The lowest BCUT2D eigenvalue weighted by atomic mass is 9.85. The molecule has 30 heavy (non-hydrogen) atoms. The SMILES string of the molecule is O=C(C=Cc1cnc(N[C@@H]2CCN(CC3CCC3)C2)c(Cl)c1)NOC1CCCCO1. The fourth-order valence-corrected chi connectivity index (χ4v) is 4.36. The average Bonchev–Trinajstić information content (AvgIpc) is 3.17. The van der Waals surface area contributed by atoms with Gasteiger partial charge in [-0.15, -0.1) is 0 Å². The molecular formula is C22H31ClN4O3. The Bertz CT molecular complexity index is 750. The number of hydrogen-bond acceptors (Lipinski definition) is 6. The highest BCUT2D eigenvalue weighted by Crippen LogP contribution is 2.29. The zero-order valence-corrected chi connectivity index (χ0v) is 18.1. The van der Waals surface area contributed by atoms with Crippen molar-refractivity contribution < 1.29 is 14.4 Å². The Kier molecular flexibility index (Phi) is 7.60. The van der Waals surface area contributed by atoms with Crippen molar-refractivity contribution in [1.82, 2.24) is 15.4 Å². The van der Waals surface area contributed by atoms with Crippen LogP contribution in [0.2, 0.25) is 5.02 Å². The molecule has 4 rings (SSSR count). The first-order valence-electron chi connectivity index (χ1n) is 11.1. The van der Waals surface area contributed by atoms with Crippen LogP contribution in [0.25, 0.3) is 6.08 Å². The van der Waals surface area contributed by atoms with Crippen LogP contribution in [0, 0.1) is 5.92 Å². The maximum Gasteiger partial charge on any atom is 0.267 e. The fraction of sp³-hybridized carbons (Fsp3) is 0.636. The maximum absolute atomic E-state index is 11.9. The summed E-state index contributed by atoms with van der Waals surface area (Å²) in [6.45, 7) is 4.07. The predicted octanol–water partition coefficient (Wildman–Crippen LogP) is 3.61. The number of hydrogen-bond donors (Lipinski definition) is 2. The van der Waals surface area contributed by atoms with E-state index < -0.39 is 0 Å². The second kappa shape index (κ2) is 10.6. The van der Waals surface area contributed by atoms with Gasteiger partial charge >= 0.3 is 0 Å². The van der Waals surface area contributed by atoms with Crippen molar-refractivity contribution in [3.8, 4) is 0 Å². The third-order valence-electron chi connectivity index (χ3n) is 6.07. The van der Waals surface area contributed by atoms with Gasteiger partial charge in [0, 0.05) is 51.0 Å². The Morgan fingerprint density at radius 3 is 2.93 bits per heavy atom. The molecule has 7 nitrogen and oxygen atoms in total. The topological polar surface area (TPSA) is 75.7 Å². The monoisotopic (exact) mass is 434 g/mol. The van der Waals surface area contributed by atoms with E-state index in [1.807, 2.05) is 6.07 Å². The third kappa shape index (κ3) is 6.17. The Morgan fingerprint density at radius 1 is 1.30 bits per heavy atom. The predicted molar refractivity (Wildman–Crippen MR) is 117 cm³/mol. The number of carbonyl (C=O) groups is 1. The summed E-state index contributed by atoms with van der Waals surface area (Å²) in [5, 5.41) is 4.03. The minimum atomic E-state index is -0.363. The van der Waals surface area contributed by atoms with Crippen molar-refractivity contribution in [2.75, 3.05) is 31.6 Å². The molecule has 3 fully saturated rings. The van der Waals surface area contributed by atoms with E-state index in [1.165, 1.54) is 31.9 Å². The molecule has 0 aromatic carbocycles. The molecule has 3 heterocycles. The van der Waals surface area contributed by atoms with E-state index in [0.29, 0.717) is 23.5 Å². The van der Waals surface area contributed by atoms with Crippen LogP contribution in [0.15, 0.2) is 18.3 Å². The highest BCUT2D eigenvalue weighted by molar-refractivity contribution is 6.33. The van der Waals surface area contributed by atoms with Crippen molar-refractivity contribution >= 4 is 29.4 Å². The summed E-state index contributed by atoms with van der Waals surface area (Å²) in [5.41, 5.74) is 3.16. The molecule has 2 saturated heterocycles. The number of nitrogens with one attached hydrogen (secondary N) is 2. The van der Waals surface area contributed by atoms with Gasteiger partial charge in [-0.2, -0.15) is 0 Å². The molecule has 2 aliphatic heterocycles. The number of nitrogens with zero attached hydrogens (tertiary/aromatic N) is 2. The quantitative estimate of drug-likeness (QED) is 0.481. The van der Waals surface area contributed by atoms with Crippen LogP contribution in [0.3, 0.4) is 0 Å². The van der Waals surface area contributed by atoms with Crippen LogP contribution < -0.4 is 10.8 Å². The number of aromatic nitrogens is 1. The summed E-state index contributed by atoms with van der Waals surface area (Å²) in [6.07, 6.45) is 12.6. The molecule has 2 atom stereocenters. The van der Waals surface area contributed by atoms with Crippen molar-refractivity contribution in [3.05, 3.63) is 28.9 Å². The Labute approximate surface area is 183 Å². The zero-order valence-electron chi connectivity index (χ0n) is 17.3. The number of likely N-dealkylation sites (tertiary alicyclic amines) is 1. The average molecular weight is 435 g/mol. The summed E-state index contributed by atoms with van der Waals surface area (Å²) in [6, 6.07) is 2.19. The summed E-state index contributed by atoms with van der Waals surface area (Å²) in [4.78, 5) is 24.2. The smallest absolute Gasteiger partial charge is 0.267 e. The van der Waals surface area contributed by atoms with Crippen LogP contribution in [0.4, 0.5) is 5.82 Å². The van der Waals surface area contributed by atoms with Crippen molar-refractivity contribution in [3.63, 3.8) is 0 Å². The number of hydroxylamine groups is 1. The van der Waals surface area contributed by atoms with Gasteiger partial charge in [-0.25, -0.2) is 15.3 Å². The van der Waals surface area contributed by atoms with Crippen LogP contribution in [0.1, 0.15) is 50.5 Å². The van der Waals surface area contributed by atoms with E-state index in [4.69, 9.17) is 21.2 Å². The summed E-state index contributed by atoms with van der Waals surface area (Å²) in [7, 11) is 0. The molecule has 0 radical (unpaired) electrons. The lowest BCUT2D eigenvalue weighted by molar-refractivity contribution is -0.198. The molecule has 0 bridgehead atoms. The van der Waals surface area contributed by atoms with Crippen LogP contribution in [0.5, 0.6) is 0 Å². The minimum Gasteiger partial charge on any atom is -0.365 e. The van der Waals surface area contributed by atoms with Gasteiger partial charge in [-0.1, -0.05) is 18.0 Å². The fourth-order valence-electron chi connectivity index (χ4n) is 4.13. The molecule has 1 amide bonds. The van der Waals surface area contributed by atoms with Gasteiger partial charge in [0.05, 0.1) is 5.02 Å². The van der Waals surface area contributed by atoms with E-state index in [0.717, 1.165) is 50.3 Å². The molecule has 1 aromatic heterocycles. The van der Waals surface area contributed by atoms with E-state index in [2.05, 4.69) is 20.7 Å². The second-order valence-electron chi connectivity index (χ2n) is 8.50. The van der Waals surface area contributed by atoms with Gasteiger partial charge < -0.3 is 15.0 Å². The van der Waals surface area contributed by atoms with Gasteiger partial charge in [-0.3, -0.25) is 4.79 Å². The van der Waals surface area contributed by atoms with Crippen molar-refractivity contribution in [1.29, 1.82) is 0 Å². The number of halogens is 1. The number of carbonyl (C=O) groups excluding carboxylic acids is 1. The minimum absolute atomic E-state index is 0.347. The standard InChI is InChI=1S/C22H31ClN4O3/c23-19-12-17(7-8-20(28)26-30-21-6-1-2-11-29-21)13-24-22(19)25-18-9-10-27(15-18)14-16-4-3-5-16/h7-8,12-13,16,18,21H,1-6,9-11,14-15H2,(H,24,25)(H,26,28)/t18-,21?/m1/s1. The van der Waals surface area contributed by atoms with E-state index >= 15 is 0 Å². The molecule has 1 aromatic rings. The Morgan fingerprint density at radius 2 is 2.20 bits per heavy atom. The molecule has 1 saturated carbocycles. The first-order chi connectivity index (χ1) is 14.7. The lowest BCUT2D eigenvalue weighted by Crippen LogP contribution is -2.33. The number of pyridine rings is 1. The molecular weight excluding hydrogens is 404 g/mol. The van der Waals surface area contributed by atoms with Gasteiger partial charge in [0.15, 0.2) is 6.29 Å². The van der Waals surface area contributed by atoms with Crippen LogP contribution in [-0.2, 0) is 14.4 Å². The number of amides is 1. The highest BCUT2D eigenvalue weighted by Gasteiger charge is 2.27. The molecule has 164 valence electrons. The molecule has 8 heteroatoms. The zero-order chi connectivity index (χ0) is 20.8. The first kappa shape index (κ1) is 21.6.